The summed E-state index contributed by atoms with van der Waals surface area (Å²) in [7, 11) is 0. The van der Waals surface area contributed by atoms with Gasteiger partial charge in [-0.3, -0.25) is 4.98 Å². The van der Waals surface area contributed by atoms with Gasteiger partial charge in [0.25, 0.3) is 0 Å². The van der Waals surface area contributed by atoms with Crippen LogP contribution in [0.3, 0.4) is 0 Å². The summed E-state index contributed by atoms with van der Waals surface area (Å²) in [5.74, 6) is 0.672. The molecule has 0 aliphatic heterocycles. The minimum Gasteiger partial charge on any atom is -0.384 e. The van der Waals surface area contributed by atoms with Crippen LogP contribution >= 0.6 is 0 Å². The second-order valence-electron chi connectivity index (χ2n) is 6.06. The molecule has 0 fully saturated rings. The third-order valence-electron chi connectivity index (χ3n) is 3.92. The summed E-state index contributed by atoms with van der Waals surface area (Å²) in [6, 6.07) is 7.80. The fourth-order valence-electron chi connectivity index (χ4n) is 2.57. The number of aromatic amines is 1. The average Bonchev–Trinajstić information content (AvgIpc) is 2.97. The Balaban J connectivity index is 1.81. The smallest absolute Gasteiger partial charge is 0.137 e. The van der Waals surface area contributed by atoms with Crippen molar-refractivity contribution in [3.63, 3.8) is 0 Å². The van der Waals surface area contributed by atoms with E-state index in [1.54, 1.807) is 12.4 Å². The Morgan fingerprint density at radius 2 is 2.05 bits per heavy atom. The molecule has 1 atom stereocenters. The Morgan fingerprint density at radius 3 is 2.77 bits per heavy atom. The molecule has 0 amide bonds. The third-order valence-corrected chi connectivity index (χ3v) is 3.92. The average molecular weight is 295 g/mol. The summed E-state index contributed by atoms with van der Waals surface area (Å²) < 4.78 is 0. The first-order chi connectivity index (χ1) is 10.6. The lowest BCUT2D eigenvalue weighted by Crippen LogP contribution is -2.01. The summed E-state index contributed by atoms with van der Waals surface area (Å²) in [4.78, 5) is 11.8. The Bertz CT molecular complexity index is 746. The fourth-order valence-corrected chi connectivity index (χ4v) is 2.57. The second kappa shape index (κ2) is 6.28. The molecule has 22 heavy (non-hydrogen) atoms. The Morgan fingerprint density at radius 1 is 1.18 bits per heavy atom. The molecule has 0 aliphatic rings. The first-order valence-electron chi connectivity index (χ1n) is 7.70. The van der Waals surface area contributed by atoms with Crippen molar-refractivity contribution >= 4 is 11.0 Å². The van der Waals surface area contributed by atoms with Crippen molar-refractivity contribution < 1.29 is 5.11 Å². The standard InChI is InChI=1S/C18H21N3O/c1-12(2)5-7-14-8-6-13(10-20-14)17(22)16-11-21-18-15(16)4-3-9-19-18/h3-4,6,8-12,17,22H,5,7H2,1-2H3,(H,19,21). The molecule has 0 spiro atoms. The summed E-state index contributed by atoms with van der Waals surface area (Å²) in [5.41, 5.74) is 3.50. The normalized spacial score (nSPS) is 12.9. The van der Waals surface area contributed by atoms with E-state index in [9.17, 15) is 5.11 Å². The molecule has 0 saturated heterocycles. The van der Waals surface area contributed by atoms with Gasteiger partial charge in [0.2, 0.25) is 0 Å². The molecule has 4 nitrogen and oxygen atoms in total. The molecule has 2 N–H and O–H groups in total. The van der Waals surface area contributed by atoms with E-state index in [1.807, 2.05) is 30.5 Å². The molecule has 0 radical (unpaired) electrons. The van der Waals surface area contributed by atoms with Gasteiger partial charge in [-0.1, -0.05) is 19.9 Å². The van der Waals surface area contributed by atoms with Crippen molar-refractivity contribution in [3.8, 4) is 0 Å². The van der Waals surface area contributed by atoms with Crippen molar-refractivity contribution in [2.24, 2.45) is 5.92 Å². The first kappa shape index (κ1) is 14.7. The van der Waals surface area contributed by atoms with E-state index < -0.39 is 6.10 Å². The number of aliphatic hydroxyl groups is 1. The second-order valence-corrected chi connectivity index (χ2v) is 6.06. The van der Waals surface area contributed by atoms with Crippen molar-refractivity contribution in [1.29, 1.82) is 0 Å². The monoisotopic (exact) mass is 295 g/mol. The molecule has 114 valence electrons. The Hall–Kier alpha value is -2.20. The first-order valence-corrected chi connectivity index (χ1v) is 7.70. The van der Waals surface area contributed by atoms with Crippen LogP contribution in [0.1, 0.15) is 43.2 Å². The van der Waals surface area contributed by atoms with Crippen LogP contribution in [-0.4, -0.2) is 20.1 Å². The minimum atomic E-state index is -0.690. The van der Waals surface area contributed by atoms with Gasteiger partial charge in [0.05, 0.1) is 0 Å². The number of pyridine rings is 2. The van der Waals surface area contributed by atoms with Crippen LogP contribution in [0.15, 0.2) is 42.9 Å². The van der Waals surface area contributed by atoms with Gasteiger partial charge < -0.3 is 10.1 Å². The molecular formula is C18H21N3O. The van der Waals surface area contributed by atoms with E-state index in [0.717, 1.165) is 40.7 Å². The number of rotatable bonds is 5. The molecule has 1 unspecified atom stereocenters. The van der Waals surface area contributed by atoms with Crippen LogP contribution in [0.25, 0.3) is 11.0 Å². The van der Waals surface area contributed by atoms with Crippen LogP contribution < -0.4 is 0 Å². The van der Waals surface area contributed by atoms with Gasteiger partial charge in [0.1, 0.15) is 11.8 Å². The highest BCUT2D eigenvalue weighted by molar-refractivity contribution is 5.80. The van der Waals surface area contributed by atoms with E-state index in [4.69, 9.17) is 0 Å². The third kappa shape index (κ3) is 3.02. The van der Waals surface area contributed by atoms with Crippen LogP contribution in [-0.2, 0) is 6.42 Å². The number of H-pyrrole nitrogens is 1. The number of nitrogens with zero attached hydrogens (tertiary/aromatic N) is 2. The predicted molar refractivity (Wildman–Crippen MR) is 87.6 cm³/mol. The maximum absolute atomic E-state index is 10.6. The molecule has 3 heterocycles. The van der Waals surface area contributed by atoms with Gasteiger partial charge in [0, 0.05) is 40.8 Å². The lowest BCUT2D eigenvalue weighted by molar-refractivity contribution is 0.221. The number of fused-ring (bicyclic) bond motifs is 1. The lowest BCUT2D eigenvalue weighted by atomic mass is 10.0. The highest BCUT2D eigenvalue weighted by atomic mass is 16.3. The van der Waals surface area contributed by atoms with Crippen LogP contribution in [0, 0.1) is 5.92 Å². The zero-order valence-electron chi connectivity index (χ0n) is 13.0. The van der Waals surface area contributed by atoms with Crippen LogP contribution in [0.2, 0.25) is 0 Å². The number of aryl methyl sites for hydroxylation is 1. The van der Waals surface area contributed by atoms with Gasteiger partial charge in [-0.2, -0.15) is 0 Å². The van der Waals surface area contributed by atoms with Crippen molar-refractivity contribution in [1.82, 2.24) is 15.0 Å². The molecule has 3 aromatic rings. The maximum Gasteiger partial charge on any atom is 0.137 e. The summed E-state index contributed by atoms with van der Waals surface area (Å²) in [5, 5.41) is 11.5. The summed E-state index contributed by atoms with van der Waals surface area (Å²) in [6.07, 6.45) is 6.74. The van der Waals surface area contributed by atoms with Crippen LogP contribution in [0.5, 0.6) is 0 Å². The van der Waals surface area contributed by atoms with E-state index >= 15 is 0 Å². The quantitative estimate of drug-likeness (QED) is 0.755. The molecule has 4 heteroatoms. The highest BCUT2D eigenvalue weighted by Crippen LogP contribution is 2.27. The minimum absolute atomic E-state index is 0.672. The molecule has 3 aromatic heterocycles. The molecule has 0 bridgehead atoms. The van der Waals surface area contributed by atoms with E-state index in [0.29, 0.717) is 5.92 Å². The topological polar surface area (TPSA) is 61.8 Å². The van der Waals surface area contributed by atoms with Crippen LogP contribution in [0.4, 0.5) is 0 Å². The fraction of sp³-hybridized carbons (Fsp3) is 0.333. The van der Waals surface area contributed by atoms with E-state index in [1.165, 1.54) is 0 Å². The van der Waals surface area contributed by atoms with Crippen molar-refractivity contribution in [2.45, 2.75) is 32.8 Å². The molecular weight excluding hydrogens is 274 g/mol. The van der Waals surface area contributed by atoms with Gasteiger partial charge >= 0.3 is 0 Å². The van der Waals surface area contributed by atoms with E-state index in [2.05, 4.69) is 28.8 Å². The zero-order chi connectivity index (χ0) is 15.5. The lowest BCUT2D eigenvalue weighted by Gasteiger charge is -2.11. The number of hydrogen-bond acceptors (Lipinski definition) is 3. The number of nitrogens with one attached hydrogen (secondary N) is 1. The summed E-state index contributed by atoms with van der Waals surface area (Å²) >= 11 is 0. The van der Waals surface area contributed by atoms with Gasteiger partial charge in [-0.05, 0) is 37.0 Å². The van der Waals surface area contributed by atoms with Gasteiger partial charge in [-0.15, -0.1) is 0 Å². The maximum atomic E-state index is 10.6. The molecule has 3 rings (SSSR count). The van der Waals surface area contributed by atoms with Crippen molar-refractivity contribution in [2.75, 3.05) is 0 Å². The van der Waals surface area contributed by atoms with Gasteiger partial charge in [-0.25, -0.2) is 4.98 Å². The number of aromatic nitrogens is 3. The zero-order valence-corrected chi connectivity index (χ0v) is 13.0. The number of aliphatic hydroxyl groups excluding tert-OH is 1. The van der Waals surface area contributed by atoms with Crippen molar-refractivity contribution in [3.05, 3.63) is 59.7 Å². The number of hydrogen-bond donors (Lipinski definition) is 2. The molecule has 0 saturated carbocycles. The molecule has 0 aromatic carbocycles. The largest absolute Gasteiger partial charge is 0.384 e. The predicted octanol–water partition coefficient (Wildman–Crippen LogP) is 3.63. The highest BCUT2D eigenvalue weighted by Gasteiger charge is 2.15. The van der Waals surface area contributed by atoms with E-state index in [-0.39, 0.29) is 0 Å². The summed E-state index contributed by atoms with van der Waals surface area (Å²) in [6.45, 7) is 4.42. The van der Waals surface area contributed by atoms with Gasteiger partial charge in [0.15, 0.2) is 0 Å². The molecule has 0 aliphatic carbocycles. The Labute approximate surface area is 130 Å². The SMILES string of the molecule is CC(C)CCc1ccc(C(O)c2c[nH]c3ncccc23)cn1. The Kier molecular flexibility index (Phi) is 4.20.